The zero-order valence-corrected chi connectivity index (χ0v) is 10.5. The van der Waals surface area contributed by atoms with E-state index in [9.17, 15) is 10.2 Å². The minimum absolute atomic E-state index is 0.0893. The molecule has 3 heteroatoms. The Morgan fingerprint density at radius 3 is 2.35 bits per heavy atom. The third-order valence-electron chi connectivity index (χ3n) is 4.22. The van der Waals surface area contributed by atoms with Crippen LogP contribution in [-0.2, 0) is 0 Å². The molecule has 98 valence electrons. The van der Waals surface area contributed by atoms with Crippen LogP contribution < -0.4 is 5.32 Å². The molecule has 0 aromatic carbocycles. The van der Waals surface area contributed by atoms with Gasteiger partial charge in [0.05, 0.1) is 0 Å². The van der Waals surface area contributed by atoms with Gasteiger partial charge in [0.15, 0.2) is 6.29 Å². The zero-order valence-electron chi connectivity index (χ0n) is 10.5. The summed E-state index contributed by atoms with van der Waals surface area (Å²) in [4.78, 5) is 0. The van der Waals surface area contributed by atoms with Crippen molar-refractivity contribution in [2.45, 2.75) is 44.8 Å². The molecule has 17 heavy (non-hydrogen) atoms. The molecule has 2 atom stereocenters. The van der Waals surface area contributed by atoms with Crippen LogP contribution in [0.15, 0.2) is 12.2 Å². The highest BCUT2D eigenvalue weighted by Gasteiger charge is 2.25. The predicted octanol–water partition coefficient (Wildman–Crippen LogP) is 1.66. The summed E-state index contributed by atoms with van der Waals surface area (Å²) in [6.45, 7) is 2.27. The number of rotatable bonds is 3. The molecular formula is C14H25NO2. The van der Waals surface area contributed by atoms with Gasteiger partial charge in [-0.3, -0.25) is 0 Å². The molecular weight excluding hydrogens is 214 g/mol. The van der Waals surface area contributed by atoms with Gasteiger partial charge in [-0.25, -0.2) is 0 Å². The average molecular weight is 239 g/mol. The van der Waals surface area contributed by atoms with Gasteiger partial charge in [-0.05, 0) is 57.0 Å². The predicted molar refractivity (Wildman–Crippen MR) is 68.4 cm³/mol. The number of aliphatic hydroxyl groups excluding tert-OH is 1. The number of piperidine rings is 1. The molecule has 1 saturated carbocycles. The van der Waals surface area contributed by atoms with E-state index in [4.69, 9.17) is 0 Å². The summed E-state index contributed by atoms with van der Waals surface area (Å²) in [5.41, 5.74) is 0. The van der Waals surface area contributed by atoms with Crippen LogP contribution in [-0.4, -0.2) is 29.6 Å². The standard InChI is InChI=1S/C14H25NO2/c16-14(17)13-3-1-2-12(10-13)5-4-11-6-8-15-9-7-11/h4-5,11-17H,1-3,6-10H2. The molecule has 3 nitrogen and oxygen atoms in total. The molecule has 3 N–H and O–H groups in total. The number of hydrogen-bond donors (Lipinski definition) is 3. The van der Waals surface area contributed by atoms with Crippen LogP contribution in [0, 0.1) is 17.8 Å². The maximum atomic E-state index is 9.24. The monoisotopic (exact) mass is 239 g/mol. The van der Waals surface area contributed by atoms with E-state index in [-0.39, 0.29) is 5.92 Å². The maximum Gasteiger partial charge on any atom is 0.154 e. The third kappa shape index (κ3) is 4.09. The van der Waals surface area contributed by atoms with Crippen LogP contribution in [0.25, 0.3) is 0 Å². The second kappa shape index (κ2) is 6.53. The van der Waals surface area contributed by atoms with Crippen LogP contribution >= 0.6 is 0 Å². The van der Waals surface area contributed by atoms with Crippen molar-refractivity contribution < 1.29 is 10.2 Å². The summed E-state index contributed by atoms with van der Waals surface area (Å²) in [6, 6.07) is 0. The van der Waals surface area contributed by atoms with Crippen molar-refractivity contribution in [3.8, 4) is 0 Å². The molecule has 0 spiro atoms. The van der Waals surface area contributed by atoms with Gasteiger partial charge in [-0.2, -0.15) is 0 Å². The van der Waals surface area contributed by atoms with Gasteiger partial charge < -0.3 is 15.5 Å². The highest BCUT2D eigenvalue weighted by Crippen LogP contribution is 2.32. The molecule has 2 fully saturated rings. The fourth-order valence-corrected chi connectivity index (χ4v) is 3.06. The van der Waals surface area contributed by atoms with Gasteiger partial charge in [0.1, 0.15) is 0 Å². The fraction of sp³-hybridized carbons (Fsp3) is 0.857. The Morgan fingerprint density at radius 2 is 1.65 bits per heavy atom. The average Bonchev–Trinajstić information content (AvgIpc) is 2.38. The van der Waals surface area contributed by atoms with Crippen LogP contribution in [0.4, 0.5) is 0 Å². The molecule has 1 aliphatic heterocycles. The summed E-state index contributed by atoms with van der Waals surface area (Å²) < 4.78 is 0. The van der Waals surface area contributed by atoms with Crippen molar-refractivity contribution in [2.75, 3.05) is 13.1 Å². The first kappa shape index (κ1) is 13.1. The summed E-state index contributed by atoms with van der Waals surface area (Å²) in [5.74, 6) is 1.38. The Labute approximate surface area is 104 Å². The molecule has 2 rings (SSSR count). The third-order valence-corrected chi connectivity index (χ3v) is 4.22. The normalized spacial score (nSPS) is 32.4. The summed E-state index contributed by atoms with van der Waals surface area (Å²) in [6.07, 6.45) is 10.3. The molecule has 0 bridgehead atoms. The first-order valence-electron chi connectivity index (χ1n) is 7.01. The number of allylic oxidation sites excluding steroid dienone is 2. The molecule has 0 aromatic heterocycles. The minimum atomic E-state index is -1.12. The molecule has 0 radical (unpaired) electrons. The first-order valence-corrected chi connectivity index (χ1v) is 7.01. The number of hydrogen-bond acceptors (Lipinski definition) is 3. The van der Waals surface area contributed by atoms with Gasteiger partial charge in [0.2, 0.25) is 0 Å². The molecule has 0 aromatic rings. The van der Waals surface area contributed by atoms with Crippen molar-refractivity contribution in [3.05, 3.63) is 12.2 Å². The van der Waals surface area contributed by atoms with Crippen molar-refractivity contribution in [2.24, 2.45) is 17.8 Å². The number of aliphatic hydroxyl groups is 2. The summed E-state index contributed by atoms with van der Waals surface area (Å²) >= 11 is 0. The minimum Gasteiger partial charge on any atom is -0.368 e. The Bertz CT molecular complexity index is 247. The summed E-state index contributed by atoms with van der Waals surface area (Å²) in [7, 11) is 0. The lowest BCUT2D eigenvalue weighted by Crippen LogP contribution is -2.27. The van der Waals surface area contributed by atoms with Gasteiger partial charge in [-0.1, -0.05) is 18.6 Å². The lowest BCUT2D eigenvalue weighted by Gasteiger charge is -2.29. The second-order valence-electron chi connectivity index (χ2n) is 5.57. The molecule has 2 aliphatic rings. The fourth-order valence-electron chi connectivity index (χ4n) is 3.06. The molecule has 0 amide bonds. The van der Waals surface area contributed by atoms with E-state index in [2.05, 4.69) is 17.5 Å². The van der Waals surface area contributed by atoms with Crippen molar-refractivity contribution in [1.82, 2.24) is 5.32 Å². The topological polar surface area (TPSA) is 52.5 Å². The largest absolute Gasteiger partial charge is 0.368 e. The van der Waals surface area contributed by atoms with E-state index in [0.29, 0.717) is 5.92 Å². The van der Waals surface area contributed by atoms with Crippen LogP contribution in [0.1, 0.15) is 38.5 Å². The quantitative estimate of drug-likeness (QED) is 0.518. The van der Waals surface area contributed by atoms with E-state index < -0.39 is 6.29 Å². The molecule has 1 heterocycles. The number of nitrogens with one attached hydrogen (secondary N) is 1. The van der Waals surface area contributed by atoms with Gasteiger partial charge in [-0.15, -0.1) is 0 Å². The van der Waals surface area contributed by atoms with Crippen LogP contribution in [0.5, 0.6) is 0 Å². The second-order valence-corrected chi connectivity index (χ2v) is 5.57. The van der Waals surface area contributed by atoms with E-state index in [1.807, 2.05) is 0 Å². The highest BCUT2D eigenvalue weighted by atomic mass is 16.5. The van der Waals surface area contributed by atoms with E-state index in [0.717, 1.165) is 38.3 Å². The van der Waals surface area contributed by atoms with Gasteiger partial charge in [0, 0.05) is 5.92 Å². The Balaban J connectivity index is 1.79. The van der Waals surface area contributed by atoms with Crippen LogP contribution in [0.3, 0.4) is 0 Å². The highest BCUT2D eigenvalue weighted by molar-refractivity contribution is 4.96. The smallest absolute Gasteiger partial charge is 0.154 e. The van der Waals surface area contributed by atoms with Crippen molar-refractivity contribution in [3.63, 3.8) is 0 Å². The van der Waals surface area contributed by atoms with E-state index in [1.54, 1.807) is 0 Å². The van der Waals surface area contributed by atoms with Gasteiger partial charge >= 0.3 is 0 Å². The Kier molecular flexibility index (Phi) is 5.01. The molecule has 1 aliphatic carbocycles. The SMILES string of the molecule is OC(O)C1CCCC(C=CC2CCNCC2)C1. The first-order chi connectivity index (χ1) is 8.25. The van der Waals surface area contributed by atoms with E-state index in [1.165, 1.54) is 19.3 Å². The zero-order chi connectivity index (χ0) is 12.1. The lowest BCUT2D eigenvalue weighted by molar-refractivity contribution is -0.0959. The maximum absolute atomic E-state index is 9.24. The van der Waals surface area contributed by atoms with Crippen molar-refractivity contribution in [1.29, 1.82) is 0 Å². The van der Waals surface area contributed by atoms with Crippen molar-refractivity contribution >= 4 is 0 Å². The van der Waals surface area contributed by atoms with Gasteiger partial charge in [0.25, 0.3) is 0 Å². The van der Waals surface area contributed by atoms with E-state index >= 15 is 0 Å². The Hall–Kier alpha value is -0.380. The Morgan fingerprint density at radius 1 is 0.941 bits per heavy atom. The van der Waals surface area contributed by atoms with Crippen LogP contribution in [0.2, 0.25) is 0 Å². The molecule has 2 unspecified atom stereocenters. The lowest BCUT2D eigenvalue weighted by atomic mass is 9.80. The molecule has 1 saturated heterocycles. The summed E-state index contributed by atoms with van der Waals surface area (Å²) in [5, 5.41) is 21.8.